The Morgan fingerprint density at radius 2 is 2.11 bits per heavy atom. The van der Waals surface area contributed by atoms with E-state index in [0.29, 0.717) is 25.2 Å². The number of pyridine rings is 1. The molecule has 2 aliphatic heterocycles. The Labute approximate surface area is 154 Å². The molecule has 1 aromatic heterocycles. The Balaban J connectivity index is 2.02. The van der Waals surface area contributed by atoms with Gasteiger partial charge in [-0.25, -0.2) is 9.18 Å². The number of aromatic nitrogens is 1. The molecule has 0 saturated carbocycles. The summed E-state index contributed by atoms with van der Waals surface area (Å²) in [5.74, 6) is -1.91. The average molecular weight is 377 g/mol. The van der Waals surface area contributed by atoms with Crippen molar-refractivity contribution in [2.75, 3.05) is 38.2 Å². The number of aliphatic hydroxyl groups is 1. The molecule has 1 fully saturated rings. The number of hydrogen-bond acceptors (Lipinski definition) is 6. The number of carboxylic acid groups (broad SMARTS) is 1. The van der Waals surface area contributed by atoms with Gasteiger partial charge in [0.15, 0.2) is 11.6 Å². The molecule has 0 radical (unpaired) electrons. The smallest absolute Gasteiger partial charge is 0.341 e. The van der Waals surface area contributed by atoms with Gasteiger partial charge in [0.25, 0.3) is 0 Å². The van der Waals surface area contributed by atoms with Crippen LogP contribution >= 0.6 is 0 Å². The number of rotatable bonds is 2. The Kier molecular flexibility index (Phi) is 4.08. The number of hydrogen-bond donors (Lipinski definition) is 2. The fourth-order valence-electron chi connectivity index (χ4n) is 3.79. The van der Waals surface area contributed by atoms with Crippen molar-refractivity contribution in [3.63, 3.8) is 0 Å². The minimum Gasteiger partial charge on any atom is -0.487 e. The number of aliphatic hydroxyl groups excluding tert-OH is 1. The first-order valence-electron chi connectivity index (χ1n) is 8.70. The van der Waals surface area contributed by atoms with Gasteiger partial charge in [-0.15, -0.1) is 0 Å². The van der Waals surface area contributed by atoms with Crippen LogP contribution < -0.4 is 15.1 Å². The first kappa shape index (κ1) is 17.7. The van der Waals surface area contributed by atoms with Crippen molar-refractivity contribution in [3.05, 3.63) is 33.9 Å². The molecule has 2 unspecified atom stereocenters. The van der Waals surface area contributed by atoms with Crippen LogP contribution in [0.1, 0.15) is 23.3 Å². The number of halogens is 1. The molecule has 27 heavy (non-hydrogen) atoms. The summed E-state index contributed by atoms with van der Waals surface area (Å²) in [6.45, 7) is 3.40. The molecular formula is C18H20FN3O5. The number of nitrogens with zero attached hydrogens (tertiary/aromatic N) is 3. The molecular weight excluding hydrogens is 357 g/mol. The number of aromatic carboxylic acids is 1. The number of carbonyl (C=O) groups is 1. The van der Waals surface area contributed by atoms with Gasteiger partial charge in [-0.2, -0.15) is 0 Å². The molecule has 1 saturated heterocycles. The normalized spacial score (nSPS) is 22.7. The summed E-state index contributed by atoms with van der Waals surface area (Å²) in [6, 6.07) is 0.820. The largest absolute Gasteiger partial charge is 0.487 e. The molecule has 9 heteroatoms. The predicted molar refractivity (Wildman–Crippen MR) is 96.2 cm³/mol. The van der Waals surface area contributed by atoms with Crippen LogP contribution in [-0.2, 0) is 0 Å². The number of anilines is 1. The van der Waals surface area contributed by atoms with Gasteiger partial charge in [0.05, 0.1) is 16.9 Å². The molecule has 1 aromatic carbocycles. The monoisotopic (exact) mass is 377 g/mol. The summed E-state index contributed by atoms with van der Waals surface area (Å²) >= 11 is 0. The van der Waals surface area contributed by atoms with Gasteiger partial charge in [-0.05, 0) is 20.0 Å². The van der Waals surface area contributed by atoms with E-state index in [1.807, 2.05) is 18.9 Å². The van der Waals surface area contributed by atoms with E-state index in [9.17, 15) is 19.8 Å². The molecule has 0 bridgehead atoms. The maximum absolute atomic E-state index is 15.0. The first-order valence-corrected chi connectivity index (χ1v) is 8.70. The lowest BCUT2D eigenvalue weighted by Gasteiger charge is -2.40. The zero-order chi connectivity index (χ0) is 19.5. The van der Waals surface area contributed by atoms with Crippen molar-refractivity contribution in [1.29, 1.82) is 0 Å². The minimum absolute atomic E-state index is 0.0404. The molecule has 4 rings (SSSR count). The first-order chi connectivity index (χ1) is 12.8. The maximum Gasteiger partial charge on any atom is 0.341 e. The van der Waals surface area contributed by atoms with Crippen molar-refractivity contribution < 1.29 is 24.1 Å². The Morgan fingerprint density at radius 3 is 2.78 bits per heavy atom. The summed E-state index contributed by atoms with van der Waals surface area (Å²) in [5.41, 5.74) is -0.705. The molecule has 0 amide bonds. The molecule has 144 valence electrons. The van der Waals surface area contributed by atoms with Gasteiger partial charge in [0.1, 0.15) is 24.1 Å². The third-order valence-corrected chi connectivity index (χ3v) is 5.22. The van der Waals surface area contributed by atoms with Gasteiger partial charge >= 0.3 is 5.97 Å². The van der Waals surface area contributed by atoms with Crippen LogP contribution in [0.2, 0.25) is 0 Å². The van der Waals surface area contributed by atoms with Crippen LogP contribution in [0.5, 0.6) is 5.75 Å². The van der Waals surface area contributed by atoms with Crippen LogP contribution in [-0.4, -0.2) is 65.2 Å². The second kappa shape index (κ2) is 6.21. The lowest BCUT2D eigenvalue weighted by atomic mass is 10.1. The highest BCUT2D eigenvalue weighted by Gasteiger charge is 2.33. The van der Waals surface area contributed by atoms with Crippen LogP contribution in [0.4, 0.5) is 10.1 Å². The van der Waals surface area contributed by atoms with E-state index in [4.69, 9.17) is 4.74 Å². The van der Waals surface area contributed by atoms with Crippen molar-refractivity contribution in [1.82, 2.24) is 9.47 Å². The summed E-state index contributed by atoms with van der Waals surface area (Å²) < 4.78 is 22.5. The Bertz CT molecular complexity index is 1000. The molecule has 2 aliphatic rings. The van der Waals surface area contributed by atoms with Gasteiger partial charge in [-0.3, -0.25) is 4.79 Å². The predicted octanol–water partition coefficient (Wildman–Crippen LogP) is 0.862. The number of ether oxygens (including phenoxy) is 1. The zero-order valence-corrected chi connectivity index (χ0v) is 15.0. The lowest BCUT2D eigenvalue weighted by molar-refractivity contribution is 0.0694. The second-order valence-electron chi connectivity index (χ2n) is 7.11. The van der Waals surface area contributed by atoms with E-state index in [1.165, 1.54) is 11.1 Å². The highest BCUT2D eigenvalue weighted by Crippen LogP contribution is 2.42. The summed E-state index contributed by atoms with van der Waals surface area (Å²) in [5, 5.41) is 19.7. The van der Waals surface area contributed by atoms with E-state index in [-0.39, 0.29) is 29.5 Å². The standard InChI is InChI=1S/C18H20FN3O5/c1-9-8-27-17-14-10(16(24)11(18(25)26)6-22(9)14)5-12(19)15(17)21-4-3-20(2)7-13(21)23/h5-6,9,13,23H,3-4,7-8H2,1-2H3,(H,25,26). The minimum atomic E-state index is -1.36. The molecule has 0 aliphatic carbocycles. The highest BCUT2D eigenvalue weighted by atomic mass is 19.1. The van der Waals surface area contributed by atoms with E-state index in [2.05, 4.69) is 0 Å². The van der Waals surface area contributed by atoms with Gasteiger partial charge in [0.2, 0.25) is 5.43 Å². The van der Waals surface area contributed by atoms with Crippen LogP contribution in [0, 0.1) is 5.82 Å². The van der Waals surface area contributed by atoms with Crippen molar-refractivity contribution in [2.45, 2.75) is 19.2 Å². The fourth-order valence-corrected chi connectivity index (χ4v) is 3.79. The van der Waals surface area contributed by atoms with E-state index in [0.717, 1.165) is 6.07 Å². The van der Waals surface area contributed by atoms with E-state index in [1.54, 1.807) is 4.57 Å². The quantitative estimate of drug-likeness (QED) is 0.802. The molecule has 2 atom stereocenters. The number of likely N-dealkylation sites (N-methyl/N-ethyl adjacent to an activating group) is 1. The summed E-state index contributed by atoms with van der Waals surface area (Å²) in [4.78, 5) is 27.5. The average Bonchev–Trinajstić information content (AvgIpc) is 2.60. The van der Waals surface area contributed by atoms with Crippen molar-refractivity contribution in [3.8, 4) is 5.75 Å². The lowest BCUT2D eigenvalue weighted by Crippen LogP contribution is -2.52. The van der Waals surface area contributed by atoms with Gasteiger partial charge < -0.3 is 29.3 Å². The van der Waals surface area contributed by atoms with Crippen molar-refractivity contribution >= 4 is 22.6 Å². The molecule has 2 N–H and O–H groups in total. The third kappa shape index (κ3) is 2.65. The molecule has 3 heterocycles. The third-order valence-electron chi connectivity index (χ3n) is 5.22. The zero-order valence-electron chi connectivity index (χ0n) is 15.0. The Morgan fingerprint density at radius 1 is 1.37 bits per heavy atom. The summed E-state index contributed by atoms with van der Waals surface area (Å²) in [6.07, 6.45) is 0.361. The SMILES string of the molecule is CC1COc2c(N3CCN(C)CC3O)c(F)cc3c(=O)c(C(=O)O)cn1c23. The van der Waals surface area contributed by atoms with Crippen LogP contribution in [0.3, 0.4) is 0 Å². The van der Waals surface area contributed by atoms with Crippen LogP contribution in [0.25, 0.3) is 10.9 Å². The Hall–Kier alpha value is -2.65. The van der Waals surface area contributed by atoms with E-state index >= 15 is 4.39 Å². The number of piperazine rings is 1. The second-order valence-corrected chi connectivity index (χ2v) is 7.11. The molecule has 8 nitrogen and oxygen atoms in total. The fraction of sp³-hybridized carbons (Fsp3) is 0.444. The number of carboxylic acids is 1. The van der Waals surface area contributed by atoms with Crippen LogP contribution in [0.15, 0.2) is 17.1 Å². The number of β-amino-alcohol motifs (C(OH)–C–C–N with tert-alkyl or cyclic N) is 1. The maximum atomic E-state index is 15.0. The summed E-state index contributed by atoms with van der Waals surface area (Å²) in [7, 11) is 1.87. The topological polar surface area (TPSA) is 95.2 Å². The molecule has 2 aromatic rings. The highest BCUT2D eigenvalue weighted by molar-refractivity contribution is 5.97. The van der Waals surface area contributed by atoms with Gasteiger partial charge in [0, 0.05) is 25.8 Å². The number of benzene rings is 1. The van der Waals surface area contributed by atoms with Crippen molar-refractivity contribution in [2.24, 2.45) is 0 Å². The van der Waals surface area contributed by atoms with Gasteiger partial charge in [-0.1, -0.05) is 0 Å². The van der Waals surface area contributed by atoms with E-state index < -0.39 is 29.0 Å². The molecule has 0 spiro atoms.